The zero-order valence-corrected chi connectivity index (χ0v) is 21.8. The first-order valence-electron chi connectivity index (χ1n) is 12.9. The number of alkyl carbamates (subject to hydrolysis) is 1. The van der Waals surface area contributed by atoms with Crippen molar-refractivity contribution in [2.75, 3.05) is 26.2 Å². The fourth-order valence-corrected chi connectivity index (χ4v) is 5.45. The van der Waals surface area contributed by atoms with Gasteiger partial charge in [-0.05, 0) is 62.3 Å². The number of likely N-dealkylation sites (tertiary alicyclic amines) is 2. The first kappa shape index (κ1) is 28.9. The molecule has 2 saturated heterocycles. The van der Waals surface area contributed by atoms with Gasteiger partial charge in [-0.3, -0.25) is 9.69 Å². The third-order valence-corrected chi connectivity index (χ3v) is 7.81. The van der Waals surface area contributed by atoms with E-state index in [1.54, 1.807) is 18.7 Å². The Morgan fingerprint density at radius 3 is 2.62 bits per heavy atom. The molecule has 0 unspecified atom stereocenters. The van der Waals surface area contributed by atoms with E-state index in [4.69, 9.17) is 4.74 Å². The van der Waals surface area contributed by atoms with Crippen LogP contribution in [0, 0.1) is 29.0 Å². The largest absolute Gasteiger partial charge is 0.475 e. The zero-order valence-electron chi connectivity index (χ0n) is 21.8. The second-order valence-electron chi connectivity index (χ2n) is 11.1. The monoisotopic (exact) mass is 548 g/mol. The maximum Gasteiger partial charge on any atom is 0.475 e. The molecule has 3 fully saturated rings. The lowest BCUT2D eigenvalue weighted by Gasteiger charge is -2.33. The van der Waals surface area contributed by atoms with E-state index in [0.717, 1.165) is 6.42 Å². The predicted molar refractivity (Wildman–Crippen MR) is 135 cm³/mol. The van der Waals surface area contributed by atoms with Gasteiger partial charge in [0.15, 0.2) is 0 Å². The summed E-state index contributed by atoms with van der Waals surface area (Å²) in [6.07, 6.45) is 1.09. The Morgan fingerprint density at radius 2 is 2.03 bits per heavy atom. The van der Waals surface area contributed by atoms with Gasteiger partial charge in [0.05, 0.1) is 18.5 Å². The first-order chi connectivity index (χ1) is 18.3. The molecular formula is C26H32BF3N4O5. The fraction of sp³-hybridized carbons (Fsp3) is 0.577. The van der Waals surface area contributed by atoms with Crippen molar-refractivity contribution in [2.24, 2.45) is 11.8 Å². The van der Waals surface area contributed by atoms with Gasteiger partial charge in [0.1, 0.15) is 24.1 Å². The Morgan fingerprint density at radius 1 is 1.33 bits per heavy atom. The van der Waals surface area contributed by atoms with Gasteiger partial charge < -0.3 is 25.0 Å². The lowest BCUT2D eigenvalue weighted by Crippen LogP contribution is -2.49. The van der Waals surface area contributed by atoms with Crippen molar-refractivity contribution in [1.29, 1.82) is 5.26 Å². The number of halogens is 3. The number of fused-ring (bicyclic) bond motifs is 1. The van der Waals surface area contributed by atoms with Gasteiger partial charge >= 0.3 is 13.2 Å². The van der Waals surface area contributed by atoms with Gasteiger partial charge in [-0.25, -0.2) is 18.0 Å². The summed E-state index contributed by atoms with van der Waals surface area (Å²) in [6.45, 7) is 3.29. The van der Waals surface area contributed by atoms with Crippen molar-refractivity contribution in [3.8, 4) is 6.07 Å². The second kappa shape index (κ2) is 11.2. The number of benzene rings is 1. The quantitative estimate of drug-likeness (QED) is 0.245. The van der Waals surface area contributed by atoms with Gasteiger partial charge in [0, 0.05) is 25.0 Å². The normalized spacial score (nSPS) is 25.0. The van der Waals surface area contributed by atoms with Gasteiger partial charge in [-0.2, -0.15) is 5.26 Å². The summed E-state index contributed by atoms with van der Waals surface area (Å²) in [5.74, 6) is -4.60. The molecule has 39 heavy (non-hydrogen) atoms. The van der Waals surface area contributed by atoms with Crippen molar-refractivity contribution >= 4 is 19.1 Å². The molecule has 9 nitrogen and oxygen atoms in total. The highest BCUT2D eigenvalue weighted by atomic mass is 19.3. The van der Waals surface area contributed by atoms with Crippen LogP contribution >= 0.6 is 0 Å². The third-order valence-electron chi connectivity index (χ3n) is 7.81. The zero-order chi connectivity index (χ0) is 28.5. The molecule has 0 spiro atoms. The van der Waals surface area contributed by atoms with E-state index in [1.807, 2.05) is 6.07 Å². The van der Waals surface area contributed by atoms with E-state index < -0.39 is 54.9 Å². The van der Waals surface area contributed by atoms with Gasteiger partial charge in [0.25, 0.3) is 11.8 Å². The summed E-state index contributed by atoms with van der Waals surface area (Å²) in [5, 5.41) is 31.5. The lowest BCUT2D eigenvalue weighted by atomic mass is 9.76. The highest BCUT2D eigenvalue weighted by Crippen LogP contribution is 2.50. The number of amides is 2. The second-order valence-corrected chi connectivity index (χ2v) is 11.1. The lowest BCUT2D eigenvalue weighted by molar-refractivity contribution is -0.129. The molecule has 3 aliphatic rings. The Bertz CT molecular complexity index is 1160. The van der Waals surface area contributed by atoms with E-state index in [1.165, 1.54) is 35.2 Å². The molecule has 1 aromatic rings. The number of nitrogens with one attached hydrogen (secondary N) is 1. The van der Waals surface area contributed by atoms with E-state index >= 15 is 0 Å². The van der Waals surface area contributed by atoms with Crippen LogP contribution in [0.3, 0.4) is 0 Å². The fourth-order valence-electron chi connectivity index (χ4n) is 5.45. The molecule has 210 valence electrons. The molecule has 2 amide bonds. The Labute approximate surface area is 225 Å². The molecule has 2 heterocycles. The minimum atomic E-state index is -2.81. The van der Waals surface area contributed by atoms with E-state index in [-0.39, 0.29) is 43.4 Å². The topological polar surface area (TPSA) is 126 Å². The molecule has 0 aromatic heterocycles. The summed E-state index contributed by atoms with van der Waals surface area (Å²) in [6, 6.07) is 6.81. The molecule has 2 aliphatic heterocycles. The predicted octanol–water partition coefficient (Wildman–Crippen LogP) is 1.89. The number of alkyl halides is 2. The van der Waals surface area contributed by atoms with Crippen LogP contribution in [0.4, 0.5) is 18.0 Å². The van der Waals surface area contributed by atoms with Crippen molar-refractivity contribution in [2.45, 2.75) is 56.6 Å². The van der Waals surface area contributed by atoms with Gasteiger partial charge in [0.2, 0.25) is 0 Å². The number of carbonyl (C=O) groups is 2. The Kier molecular flexibility index (Phi) is 8.30. The van der Waals surface area contributed by atoms with Crippen LogP contribution in [0.5, 0.6) is 0 Å². The number of nitriles is 1. The summed E-state index contributed by atoms with van der Waals surface area (Å²) in [7, 11) is -1.90. The third kappa shape index (κ3) is 6.93. The molecule has 1 aliphatic carbocycles. The Balaban J connectivity index is 1.37. The van der Waals surface area contributed by atoms with Crippen LogP contribution < -0.4 is 5.32 Å². The maximum atomic E-state index is 13.8. The number of carbonyl (C=O) groups excluding carboxylic acids is 2. The van der Waals surface area contributed by atoms with Crippen LogP contribution in [0.2, 0.25) is 0 Å². The van der Waals surface area contributed by atoms with Gasteiger partial charge in [-0.1, -0.05) is 12.1 Å². The summed E-state index contributed by atoms with van der Waals surface area (Å²) in [5.41, 5.74) is -0.534. The molecule has 0 bridgehead atoms. The van der Waals surface area contributed by atoms with Crippen LogP contribution in [-0.2, 0) is 16.0 Å². The number of piperidine rings is 1. The standard InChI is InChI=1S/C26H32BF3N4O5/c1-25(2,33-8-7-26(29,30)15-33)11-18(12-31)23(35)34-13-17-10-20(17)21(34)14-39-24(36)32-22(27(37)38)9-16-3-5-19(28)6-4-16/h3-6,11,17,20-22,37-38H,7-10,13-15H2,1-2H3,(H,32,36)/t17-,20-,21-,22-/m0/s1. The SMILES string of the molecule is CC(C)(C=C(C#N)C(=O)N1C[C@@H]2C[C@@H]2[C@@H]1COC(=O)N[C@@H](Cc1ccc(F)cc1)B(O)O)N1CCC(F)(F)C1. The number of nitrogens with zero attached hydrogens (tertiary/aromatic N) is 3. The smallest absolute Gasteiger partial charge is 0.447 e. The average Bonchev–Trinajstić information content (AvgIpc) is 3.39. The van der Waals surface area contributed by atoms with Crippen molar-refractivity contribution < 1.29 is 37.5 Å². The van der Waals surface area contributed by atoms with Crippen LogP contribution in [0.1, 0.15) is 32.3 Å². The van der Waals surface area contributed by atoms with Crippen LogP contribution in [-0.4, -0.2) is 88.7 Å². The van der Waals surface area contributed by atoms with Crippen molar-refractivity contribution in [1.82, 2.24) is 15.1 Å². The number of ether oxygens (including phenoxy) is 1. The summed E-state index contributed by atoms with van der Waals surface area (Å²) in [4.78, 5) is 28.9. The van der Waals surface area contributed by atoms with Crippen molar-refractivity contribution in [3.05, 3.63) is 47.3 Å². The highest BCUT2D eigenvalue weighted by molar-refractivity contribution is 6.43. The van der Waals surface area contributed by atoms with E-state index in [9.17, 15) is 38.1 Å². The number of rotatable bonds is 9. The Hall–Kier alpha value is -3.08. The summed E-state index contributed by atoms with van der Waals surface area (Å²) >= 11 is 0. The average molecular weight is 548 g/mol. The molecule has 1 aromatic carbocycles. The van der Waals surface area contributed by atoms with E-state index in [0.29, 0.717) is 12.1 Å². The minimum absolute atomic E-state index is 0.0147. The summed E-state index contributed by atoms with van der Waals surface area (Å²) < 4.78 is 46.0. The van der Waals surface area contributed by atoms with Crippen LogP contribution in [0.25, 0.3) is 0 Å². The number of hydrogen-bond acceptors (Lipinski definition) is 7. The van der Waals surface area contributed by atoms with E-state index in [2.05, 4.69) is 5.32 Å². The number of hydrogen-bond donors (Lipinski definition) is 3. The van der Waals surface area contributed by atoms with Crippen LogP contribution in [0.15, 0.2) is 35.9 Å². The van der Waals surface area contributed by atoms with Gasteiger partial charge in [-0.15, -0.1) is 0 Å². The molecule has 3 N–H and O–H groups in total. The van der Waals surface area contributed by atoms with Crippen molar-refractivity contribution in [3.63, 3.8) is 0 Å². The molecule has 4 rings (SSSR count). The minimum Gasteiger partial charge on any atom is -0.447 e. The molecule has 4 atom stereocenters. The molecule has 0 radical (unpaired) electrons. The maximum absolute atomic E-state index is 13.8. The highest BCUT2D eigenvalue weighted by Gasteiger charge is 2.55. The molecule has 1 saturated carbocycles. The molecule has 13 heteroatoms. The molecular weight excluding hydrogens is 516 g/mol. The first-order valence-corrected chi connectivity index (χ1v) is 12.9.